The number of hydrogen-bond donors (Lipinski definition) is 2. The van der Waals surface area contributed by atoms with Gasteiger partial charge in [-0.15, -0.1) is 0 Å². The number of anilines is 1. The summed E-state index contributed by atoms with van der Waals surface area (Å²) in [6, 6.07) is 0. The zero-order chi connectivity index (χ0) is 14.5. The molecule has 1 fully saturated rings. The van der Waals surface area contributed by atoms with E-state index in [9.17, 15) is 4.79 Å². The molecular weight excluding hydrogens is 258 g/mol. The van der Waals surface area contributed by atoms with Crippen LogP contribution in [0.2, 0.25) is 0 Å². The summed E-state index contributed by atoms with van der Waals surface area (Å²) in [6.07, 6.45) is 0.957. The van der Waals surface area contributed by atoms with Gasteiger partial charge in [-0.2, -0.15) is 5.10 Å². The minimum absolute atomic E-state index is 0.0829. The quantitative estimate of drug-likeness (QED) is 0.817. The van der Waals surface area contributed by atoms with Crippen molar-refractivity contribution in [3.8, 4) is 0 Å². The number of ether oxygens (including phenoxy) is 1. The zero-order valence-corrected chi connectivity index (χ0v) is 12.2. The van der Waals surface area contributed by atoms with Crippen molar-refractivity contribution in [2.45, 2.75) is 13.3 Å². The van der Waals surface area contributed by atoms with Gasteiger partial charge in [0.05, 0.1) is 18.0 Å². The lowest BCUT2D eigenvalue weighted by molar-refractivity contribution is 0.0754. The summed E-state index contributed by atoms with van der Waals surface area (Å²) in [7, 11) is 1.70. The van der Waals surface area contributed by atoms with Crippen LogP contribution in [-0.2, 0) is 4.74 Å². The molecule has 7 heteroatoms. The third-order valence-corrected chi connectivity index (χ3v) is 3.68. The van der Waals surface area contributed by atoms with E-state index in [0.717, 1.165) is 44.9 Å². The molecule has 1 saturated heterocycles. The number of hydrogen-bond acceptors (Lipinski definition) is 5. The Morgan fingerprint density at radius 3 is 2.85 bits per heavy atom. The van der Waals surface area contributed by atoms with Crippen LogP contribution in [0.5, 0.6) is 0 Å². The van der Waals surface area contributed by atoms with Gasteiger partial charge in [0.25, 0.3) is 5.91 Å². The third kappa shape index (κ3) is 3.29. The summed E-state index contributed by atoms with van der Waals surface area (Å²) in [4.78, 5) is 16.6. The van der Waals surface area contributed by atoms with Gasteiger partial charge in [0, 0.05) is 33.3 Å². The van der Waals surface area contributed by atoms with E-state index in [1.807, 2.05) is 11.8 Å². The van der Waals surface area contributed by atoms with Crippen molar-refractivity contribution in [1.29, 1.82) is 0 Å². The number of amides is 1. The van der Waals surface area contributed by atoms with E-state index < -0.39 is 0 Å². The van der Waals surface area contributed by atoms with E-state index in [1.54, 1.807) is 7.11 Å². The molecule has 0 bridgehead atoms. The highest BCUT2D eigenvalue weighted by Gasteiger charge is 2.24. The van der Waals surface area contributed by atoms with Gasteiger partial charge in [0.1, 0.15) is 0 Å². The van der Waals surface area contributed by atoms with E-state index >= 15 is 0 Å². The van der Waals surface area contributed by atoms with Gasteiger partial charge >= 0.3 is 0 Å². The van der Waals surface area contributed by atoms with Crippen molar-refractivity contribution >= 4 is 11.6 Å². The lowest BCUT2D eigenvalue weighted by atomic mass is 10.2. The molecule has 1 aromatic rings. The number of nitrogens with zero attached hydrogens (tertiary/aromatic N) is 3. The highest BCUT2D eigenvalue weighted by atomic mass is 16.5. The van der Waals surface area contributed by atoms with E-state index in [0.29, 0.717) is 17.9 Å². The minimum atomic E-state index is -0.0829. The molecule has 112 valence electrons. The number of carbonyl (C=O) groups is 1. The number of carbonyl (C=O) groups excluding carboxylic acids is 1. The largest absolute Gasteiger partial charge is 0.395 e. The molecule has 7 nitrogen and oxygen atoms in total. The van der Waals surface area contributed by atoms with Gasteiger partial charge in [0.2, 0.25) is 0 Å². The van der Waals surface area contributed by atoms with Crippen molar-refractivity contribution in [1.82, 2.24) is 20.0 Å². The van der Waals surface area contributed by atoms with Crippen molar-refractivity contribution in [3.63, 3.8) is 0 Å². The lowest BCUT2D eigenvalue weighted by Gasteiger charge is -2.21. The molecule has 0 saturated carbocycles. The molecule has 0 radical (unpaired) electrons. The van der Waals surface area contributed by atoms with Crippen molar-refractivity contribution in [2.24, 2.45) is 0 Å². The second kappa shape index (κ2) is 6.71. The van der Waals surface area contributed by atoms with Gasteiger partial charge in [-0.25, -0.2) is 0 Å². The first-order chi connectivity index (χ1) is 9.63. The fourth-order valence-electron chi connectivity index (χ4n) is 2.37. The predicted octanol–water partition coefficient (Wildman–Crippen LogP) is 0.0946. The Bertz CT molecular complexity index is 460. The fourth-order valence-corrected chi connectivity index (χ4v) is 2.37. The van der Waals surface area contributed by atoms with Crippen LogP contribution in [0.1, 0.15) is 22.6 Å². The number of nitrogens with one attached hydrogen (secondary N) is 1. The topological polar surface area (TPSA) is 87.5 Å². The Labute approximate surface area is 119 Å². The number of aromatic nitrogens is 2. The highest BCUT2D eigenvalue weighted by molar-refractivity contribution is 5.97. The molecule has 1 aliphatic rings. The molecule has 2 heterocycles. The van der Waals surface area contributed by atoms with Crippen molar-refractivity contribution < 1.29 is 9.53 Å². The van der Waals surface area contributed by atoms with Crippen molar-refractivity contribution in [2.75, 3.05) is 52.2 Å². The maximum absolute atomic E-state index is 12.4. The molecule has 1 aromatic heterocycles. The maximum Gasteiger partial charge on any atom is 0.276 e. The van der Waals surface area contributed by atoms with Crippen molar-refractivity contribution in [3.05, 3.63) is 11.4 Å². The average Bonchev–Trinajstić information content (AvgIpc) is 2.68. The Kier molecular flexibility index (Phi) is 4.97. The first kappa shape index (κ1) is 14.8. The van der Waals surface area contributed by atoms with Crippen LogP contribution in [-0.4, -0.2) is 72.3 Å². The van der Waals surface area contributed by atoms with Crippen LogP contribution in [0.3, 0.4) is 0 Å². The smallest absolute Gasteiger partial charge is 0.276 e. The van der Waals surface area contributed by atoms with Gasteiger partial charge < -0.3 is 15.4 Å². The number of aromatic amines is 1. The van der Waals surface area contributed by atoms with Gasteiger partial charge in [-0.05, 0) is 19.9 Å². The average molecular weight is 281 g/mol. The molecule has 0 aliphatic carbocycles. The molecule has 0 spiro atoms. The predicted molar refractivity (Wildman–Crippen MR) is 76.6 cm³/mol. The highest BCUT2D eigenvalue weighted by Crippen LogP contribution is 2.16. The summed E-state index contributed by atoms with van der Waals surface area (Å²) >= 11 is 0. The molecule has 0 unspecified atom stereocenters. The van der Waals surface area contributed by atoms with E-state index in [1.165, 1.54) is 0 Å². The Morgan fingerprint density at radius 2 is 2.20 bits per heavy atom. The fraction of sp³-hybridized carbons (Fsp3) is 0.692. The van der Waals surface area contributed by atoms with E-state index in [-0.39, 0.29) is 5.91 Å². The summed E-state index contributed by atoms with van der Waals surface area (Å²) < 4.78 is 5.09. The summed E-state index contributed by atoms with van der Waals surface area (Å²) in [5.41, 5.74) is 7.41. The minimum Gasteiger partial charge on any atom is -0.395 e. The Hall–Kier alpha value is -1.60. The summed E-state index contributed by atoms with van der Waals surface area (Å²) in [6.45, 7) is 6.73. The summed E-state index contributed by atoms with van der Waals surface area (Å²) in [5, 5.41) is 6.77. The number of aryl methyl sites for hydroxylation is 1. The van der Waals surface area contributed by atoms with Gasteiger partial charge in [0.15, 0.2) is 5.69 Å². The number of rotatable bonds is 4. The first-order valence-electron chi connectivity index (χ1n) is 6.94. The van der Waals surface area contributed by atoms with E-state index in [4.69, 9.17) is 10.5 Å². The molecule has 2 rings (SSSR count). The van der Waals surface area contributed by atoms with Gasteiger partial charge in [-0.3, -0.25) is 14.8 Å². The molecular formula is C13H23N5O2. The van der Waals surface area contributed by atoms with Crippen LogP contribution in [0.25, 0.3) is 0 Å². The molecule has 1 aliphatic heterocycles. The van der Waals surface area contributed by atoms with Crippen LogP contribution in [0, 0.1) is 6.92 Å². The first-order valence-corrected chi connectivity index (χ1v) is 6.94. The number of nitrogen functional groups attached to an aromatic ring is 1. The second-order valence-corrected chi connectivity index (χ2v) is 5.09. The molecule has 0 atom stereocenters. The molecule has 20 heavy (non-hydrogen) atoms. The number of H-pyrrole nitrogens is 1. The van der Waals surface area contributed by atoms with Crippen LogP contribution < -0.4 is 5.73 Å². The van der Waals surface area contributed by atoms with E-state index in [2.05, 4.69) is 15.1 Å². The third-order valence-electron chi connectivity index (χ3n) is 3.68. The number of nitrogens with two attached hydrogens (primary N) is 1. The van der Waals surface area contributed by atoms with Gasteiger partial charge in [-0.1, -0.05) is 0 Å². The molecule has 1 amide bonds. The number of methoxy groups -OCH3 is 1. The second-order valence-electron chi connectivity index (χ2n) is 5.09. The Balaban J connectivity index is 1.96. The molecule has 0 aromatic carbocycles. The van der Waals surface area contributed by atoms with Crippen LogP contribution >= 0.6 is 0 Å². The Morgan fingerprint density at radius 1 is 1.40 bits per heavy atom. The monoisotopic (exact) mass is 281 g/mol. The zero-order valence-electron chi connectivity index (χ0n) is 12.2. The lowest BCUT2D eigenvalue weighted by Crippen LogP contribution is -2.36. The molecule has 3 N–H and O–H groups in total. The summed E-state index contributed by atoms with van der Waals surface area (Å²) in [5.74, 6) is -0.0829. The SMILES string of the molecule is COCCN1CCCN(C(=O)c2n[nH]c(C)c2N)CC1. The normalized spacial score (nSPS) is 17.2. The van der Waals surface area contributed by atoms with Crippen LogP contribution in [0.4, 0.5) is 5.69 Å². The standard InChI is InChI=1S/C13H23N5O2/c1-10-11(14)12(16-15-10)13(19)18-5-3-4-17(6-7-18)8-9-20-2/h3-9,14H2,1-2H3,(H,15,16). The van der Waals surface area contributed by atoms with Crippen LogP contribution in [0.15, 0.2) is 0 Å². The maximum atomic E-state index is 12.4.